The van der Waals surface area contributed by atoms with E-state index in [4.69, 9.17) is 5.73 Å². The second kappa shape index (κ2) is 5.87. The summed E-state index contributed by atoms with van der Waals surface area (Å²) in [5.74, 6) is 0.0895. The van der Waals surface area contributed by atoms with E-state index < -0.39 is 0 Å². The molecule has 21 heavy (non-hydrogen) atoms. The Morgan fingerprint density at radius 2 is 2.33 bits per heavy atom. The number of nitrogens with one attached hydrogen (secondary N) is 2. The van der Waals surface area contributed by atoms with Gasteiger partial charge in [0.05, 0.1) is 6.04 Å². The number of amides is 1. The zero-order valence-electron chi connectivity index (χ0n) is 12.3. The lowest BCUT2D eigenvalue weighted by Gasteiger charge is -2.23. The van der Waals surface area contributed by atoms with Crippen molar-refractivity contribution < 1.29 is 4.79 Å². The smallest absolute Gasteiger partial charge is 0.237 e. The van der Waals surface area contributed by atoms with E-state index in [1.54, 1.807) is 0 Å². The van der Waals surface area contributed by atoms with Crippen LogP contribution < -0.4 is 11.1 Å². The molecule has 0 unspecified atom stereocenters. The number of benzene rings is 1. The first-order valence-electron chi connectivity index (χ1n) is 7.51. The summed E-state index contributed by atoms with van der Waals surface area (Å²) in [6.07, 6.45) is 2.68. The number of nitrogens with two attached hydrogens (primary N) is 1. The molecule has 1 fully saturated rings. The average molecular weight is 286 g/mol. The van der Waals surface area contributed by atoms with Gasteiger partial charge in [0.25, 0.3) is 0 Å². The first-order chi connectivity index (χ1) is 10.2. The molecule has 2 atom stereocenters. The zero-order valence-corrected chi connectivity index (χ0v) is 12.3. The van der Waals surface area contributed by atoms with Gasteiger partial charge in [0.2, 0.25) is 5.91 Å². The van der Waals surface area contributed by atoms with E-state index in [9.17, 15) is 4.79 Å². The second-order valence-electron chi connectivity index (χ2n) is 5.69. The second-order valence-corrected chi connectivity index (χ2v) is 5.69. The number of rotatable bonds is 4. The highest BCUT2D eigenvalue weighted by atomic mass is 16.2. The van der Waals surface area contributed by atoms with Gasteiger partial charge in [0.1, 0.15) is 0 Å². The van der Waals surface area contributed by atoms with Crippen LogP contribution in [0.25, 0.3) is 10.9 Å². The molecule has 1 aliphatic rings. The fourth-order valence-electron chi connectivity index (χ4n) is 3.19. The summed E-state index contributed by atoms with van der Waals surface area (Å²) in [6.45, 7) is 4.12. The highest BCUT2D eigenvalue weighted by molar-refractivity contribution is 5.84. The van der Waals surface area contributed by atoms with Crippen molar-refractivity contribution in [2.75, 3.05) is 13.1 Å². The van der Waals surface area contributed by atoms with Crippen LogP contribution in [-0.2, 0) is 11.3 Å². The third-order valence-electron chi connectivity index (χ3n) is 4.15. The van der Waals surface area contributed by atoms with Crippen molar-refractivity contribution in [2.24, 2.45) is 5.73 Å². The highest BCUT2D eigenvalue weighted by Gasteiger charge is 2.34. The summed E-state index contributed by atoms with van der Waals surface area (Å²) in [5.41, 5.74) is 8.43. The molecule has 0 saturated carbocycles. The molecule has 0 radical (unpaired) electrons. The van der Waals surface area contributed by atoms with Crippen molar-refractivity contribution in [1.29, 1.82) is 0 Å². The first kappa shape index (κ1) is 14.1. The van der Waals surface area contributed by atoms with E-state index in [0.29, 0.717) is 6.54 Å². The van der Waals surface area contributed by atoms with E-state index in [2.05, 4.69) is 33.4 Å². The lowest BCUT2D eigenvalue weighted by atomic mass is 10.1. The predicted octanol–water partition coefficient (Wildman–Crippen LogP) is 1.21. The summed E-state index contributed by atoms with van der Waals surface area (Å²) in [7, 11) is 0. The molecular weight excluding hydrogens is 264 g/mol. The molecule has 1 amide bonds. The molecule has 1 aliphatic heterocycles. The standard InChI is InChI=1S/C16H22N4O/c1-2-18-16(21)15-8-12(17)10-20(15)9-11-4-3-5-14-13(11)6-7-19-14/h3-7,12,15,19H,2,8-10,17H2,1H3,(H,18,21)/t12-,15+/m1/s1. The van der Waals surface area contributed by atoms with Crippen LogP contribution in [0.5, 0.6) is 0 Å². The van der Waals surface area contributed by atoms with Crippen LogP contribution in [0.3, 0.4) is 0 Å². The van der Waals surface area contributed by atoms with Crippen LogP contribution in [0.4, 0.5) is 0 Å². The summed E-state index contributed by atoms with van der Waals surface area (Å²) < 4.78 is 0. The van der Waals surface area contributed by atoms with Crippen LogP contribution in [0.1, 0.15) is 18.9 Å². The Labute approximate surface area is 124 Å². The normalized spacial score (nSPS) is 22.8. The Morgan fingerprint density at radius 1 is 1.48 bits per heavy atom. The van der Waals surface area contributed by atoms with E-state index in [1.165, 1.54) is 10.9 Å². The number of fused-ring (bicyclic) bond motifs is 1. The summed E-state index contributed by atoms with van der Waals surface area (Å²) in [4.78, 5) is 17.6. The van der Waals surface area contributed by atoms with Gasteiger partial charge in [-0.2, -0.15) is 0 Å². The number of aromatic amines is 1. The SMILES string of the molecule is CCNC(=O)[C@@H]1C[C@@H](N)CN1Cc1cccc2[nH]ccc12. The third-order valence-corrected chi connectivity index (χ3v) is 4.15. The van der Waals surface area contributed by atoms with Crippen LogP contribution in [0, 0.1) is 0 Å². The molecule has 5 heteroatoms. The summed E-state index contributed by atoms with van der Waals surface area (Å²) in [5, 5.41) is 4.13. The van der Waals surface area contributed by atoms with Crippen LogP contribution >= 0.6 is 0 Å². The van der Waals surface area contributed by atoms with Gasteiger partial charge in [-0.25, -0.2) is 0 Å². The highest BCUT2D eigenvalue weighted by Crippen LogP contribution is 2.24. The minimum Gasteiger partial charge on any atom is -0.361 e. The molecule has 2 aromatic rings. The van der Waals surface area contributed by atoms with Gasteiger partial charge in [-0.1, -0.05) is 12.1 Å². The lowest BCUT2D eigenvalue weighted by molar-refractivity contribution is -0.125. The Morgan fingerprint density at radius 3 is 3.14 bits per heavy atom. The topological polar surface area (TPSA) is 74.2 Å². The maximum atomic E-state index is 12.2. The van der Waals surface area contributed by atoms with Crippen LogP contribution in [0.2, 0.25) is 0 Å². The molecule has 112 valence electrons. The fraction of sp³-hybridized carbons (Fsp3) is 0.438. The molecule has 0 bridgehead atoms. The van der Waals surface area contributed by atoms with Crippen LogP contribution in [-0.4, -0.2) is 41.0 Å². The summed E-state index contributed by atoms with van der Waals surface area (Å²) >= 11 is 0. The van der Waals surface area contributed by atoms with E-state index in [-0.39, 0.29) is 18.0 Å². The Balaban J connectivity index is 1.82. The van der Waals surface area contributed by atoms with Crippen molar-refractivity contribution in [3.63, 3.8) is 0 Å². The number of carbonyl (C=O) groups excluding carboxylic acids is 1. The van der Waals surface area contributed by atoms with Gasteiger partial charge in [0, 0.05) is 42.8 Å². The maximum Gasteiger partial charge on any atom is 0.237 e. The van der Waals surface area contributed by atoms with Gasteiger partial charge in [-0.3, -0.25) is 9.69 Å². The van der Waals surface area contributed by atoms with Crippen molar-refractivity contribution in [2.45, 2.75) is 32.0 Å². The number of hydrogen-bond acceptors (Lipinski definition) is 3. The fourth-order valence-corrected chi connectivity index (χ4v) is 3.19. The number of likely N-dealkylation sites (tertiary alicyclic amines) is 1. The number of aromatic nitrogens is 1. The van der Waals surface area contributed by atoms with E-state index >= 15 is 0 Å². The number of hydrogen-bond donors (Lipinski definition) is 3. The zero-order chi connectivity index (χ0) is 14.8. The number of likely N-dealkylation sites (N-methyl/N-ethyl adjacent to an activating group) is 1. The monoisotopic (exact) mass is 286 g/mol. The molecule has 0 spiro atoms. The van der Waals surface area contributed by atoms with Crippen LogP contribution in [0.15, 0.2) is 30.5 Å². The first-order valence-corrected chi connectivity index (χ1v) is 7.51. The molecule has 4 N–H and O–H groups in total. The maximum absolute atomic E-state index is 12.2. The Bertz CT molecular complexity index is 636. The number of nitrogens with zero attached hydrogens (tertiary/aromatic N) is 1. The predicted molar refractivity (Wildman–Crippen MR) is 83.8 cm³/mol. The van der Waals surface area contributed by atoms with Gasteiger partial charge >= 0.3 is 0 Å². The van der Waals surface area contributed by atoms with E-state index in [1.807, 2.05) is 19.2 Å². The van der Waals surface area contributed by atoms with E-state index in [0.717, 1.165) is 25.0 Å². The lowest BCUT2D eigenvalue weighted by Crippen LogP contribution is -2.42. The number of H-pyrrole nitrogens is 1. The van der Waals surface area contributed by atoms with Crippen molar-refractivity contribution in [1.82, 2.24) is 15.2 Å². The minimum absolute atomic E-state index is 0.0723. The number of carbonyl (C=O) groups is 1. The quantitative estimate of drug-likeness (QED) is 0.791. The Kier molecular flexibility index (Phi) is 3.94. The minimum atomic E-state index is -0.117. The van der Waals surface area contributed by atoms with Gasteiger partial charge in [0.15, 0.2) is 0 Å². The van der Waals surface area contributed by atoms with Crippen molar-refractivity contribution in [3.8, 4) is 0 Å². The van der Waals surface area contributed by atoms with Gasteiger partial charge < -0.3 is 16.0 Å². The molecular formula is C16H22N4O. The molecule has 3 rings (SSSR count). The van der Waals surface area contributed by atoms with Crippen molar-refractivity contribution >= 4 is 16.8 Å². The molecule has 1 aromatic carbocycles. The Hall–Kier alpha value is -1.85. The van der Waals surface area contributed by atoms with Crippen molar-refractivity contribution in [3.05, 3.63) is 36.0 Å². The molecule has 2 heterocycles. The van der Waals surface area contributed by atoms with Gasteiger partial charge in [-0.05, 0) is 31.0 Å². The van der Waals surface area contributed by atoms with Gasteiger partial charge in [-0.15, -0.1) is 0 Å². The molecule has 5 nitrogen and oxygen atoms in total. The summed E-state index contributed by atoms with van der Waals surface area (Å²) in [6, 6.07) is 8.27. The average Bonchev–Trinajstić information content (AvgIpc) is 3.06. The third kappa shape index (κ3) is 2.80. The molecule has 1 saturated heterocycles. The molecule has 1 aromatic heterocycles. The molecule has 0 aliphatic carbocycles. The largest absolute Gasteiger partial charge is 0.361 e.